The third-order valence-corrected chi connectivity index (χ3v) is 3.49. The maximum atomic E-state index is 5.61. The summed E-state index contributed by atoms with van der Waals surface area (Å²) < 4.78 is 5.61. The van der Waals surface area contributed by atoms with Gasteiger partial charge in [0.05, 0.1) is 0 Å². The van der Waals surface area contributed by atoms with E-state index < -0.39 is 0 Å². The Labute approximate surface area is 106 Å². The second kappa shape index (κ2) is 4.21. The molecule has 1 N–H and O–H groups in total. The third kappa shape index (κ3) is 1.93. The van der Waals surface area contributed by atoms with Crippen molar-refractivity contribution in [3.05, 3.63) is 36.0 Å². The van der Waals surface area contributed by atoms with Gasteiger partial charge in [-0.05, 0) is 45.0 Å². The van der Waals surface area contributed by atoms with E-state index in [4.69, 9.17) is 4.42 Å². The summed E-state index contributed by atoms with van der Waals surface area (Å²) in [5.41, 5.74) is 1.02. The molecule has 0 bridgehead atoms. The molecule has 3 rings (SSSR count). The summed E-state index contributed by atoms with van der Waals surface area (Å²) >= 11 is 0. The van der Waals surface area contributed by atoms with E-state index in [0.717, 1.165) is 42.4 Å². The van der Waals surface area contributed by atoms with Crippen molar-refractivity contribution in [3.8, 4) is 11.5 Å². The van der Waals surface area contributed by atoms with Gasteiger partial charge in [-0.1, -0.05) is 0 Å². The number of hydrogen-bond acceptors (Lipinski definition) is 4. The van der Waals surface area contributed by atoms with Gasteiger partial charge >= 0.3 is 0 Å². The van der Waals surface area contributed by atoms with Crippen LogP contribution in [0.4, 0.5) is 0 Å². The zero-order valence-electron chi connectivity index (χ0n) is 10.7. The number of nitrogens with zero attached hydrogens (tertiary/aromatic N) is 2. The highest BCUT2D eigenvalue weighted by molar-refractivity contribution is 5.52. The molecule has 2 aromatic heterocycles. The predicted octanol–water partition coefficient (Wildman–Crippen LogP) is 2.30. The molecule has 0 atom stereocenters. The van der Waals surface area contributed by atoms with E-state index in [2.05, 4.69) is 15.3 Å². The topological polar surface area (TPSA) is 51.0 Å². The standard InChI is InChI=1S/C14H17N3O/c1-10-3-4-12(18-10)11-5-8-16-13(17-11)14(6-7-14)9-15-2/h3-5,8,15H,6-7,9H2,1-2H3. The molecule has 0 aromatic carbocycles. The van der Waals surface area contributed by atoms with E-state index in [1.165, 1.54) is 0 Å². The summed E-state index contributed by atoms with van der Waals surface area (Å²) in [7, 11) is 1.97. The molecule has 0 spiro atoms. The van der Waals surface area contributed by atoms with Gasteiger partial charge in [-0.3, -0.25) is 0 Å². The maximum Gasteiger partial charge on any atom is 0.152 e. The summed E-state index contributed by atoms with van der Waals surface area (Å²) in [4.78, 5) is 9.10. The molecular weight excluding hydrogens is 226 g/mol. The first-order valence-electron chi connectivity index (χ1n) is 6.28. The number of likely N-dealkylation sites (N-methyl/N-ethyl adjacent to an activating group) is 1. The van der Waals surface area contributed by atoms with Crippen LogP contribution in [0.2, 0.25) is 0 Å². The van der Waals surface area contributed by atoms with Crippen LogP contribution in [-0.4, -0.2) is 23.6 Å². The molecule has 0 radical (unpaired) electrons. The first-order chi connectivity index (χ1) is 8.73. The van der Waals surface area contributed by atoms with Gasteiger partial charge < -0.3 is 9.73 Å². The molecule has 0 unspecified atom stereocenters. The van der Waals surface area contributed by atoms with E-state index >= 15 is 0 Å². The molecule has 2 aromatic rings. The third-order valence-electron chi connectivity index (χ3n) is 3.49. The second-order valence-electron chi connectivity index (χ2n) is 4.99. The molecule has 0 aliphatic heterocycles. The lowest BCUT2D eigenvalue weighted by Gasteiger charge is -2.13. The van der Waals surface area contributed by atoms with Gasteiger partial charge in [-0.2, -0.15) is 0 Å². The molecule has 1 aliphatic carbocycles. The Morgan fingerprint density at radius 2 is 2.17 bits per heavy atom. The van der Waals surface area contributed by atoms with Crippen LogP contribution in [-0.2, 0) is 5.41 Å². The van der Waals surface area contributed by atoms with E-state index in [9.17, 15) is 0 Å². The summed E-state index contributed by atoms with van der Waals surface area (Å²) in [5.74, 6) is 2.65. The number of rotatable bonds is 4. The molecule has 1 fully saturated rings. The van der Waals surface area contributed by atoms with Gasteiger partial charge in [-0.25, -0.2) is 9.97 Å². The van der Waals surface area contributed by atoms with Crippen molar-refractivity contribution in [2.24, 2.45) is 0 Å². The van der Waals surface area contributed by atoms with Crippen molar-refractivity contribution in [2.75, 3.05) is 13.6 Å². The van der Waals surface area contributed by atoms with E-state index in [-0.39, 0.29) is 5.41 Å². The zero-order chi connectivity index (χ0) is 12.6. The van der Waals surface area contributed by atoms with Crippen LogP contribution in [0, 0.1) is 6.92 Å². The van der Waals surface area contributed by atoms with Crippen molar-refractivity contribution in [2.45, 2.75) is 25.2 Å². The number of furan rings is 1. The summed E-state index contributed by atoms with van der Waals surface area (Å²) in [6.45, 7) is 2.88. The lowest BCUT2D eigenvalue weighted by atomic mass is 10.1. The van der Waals surface area contributed by atoms with Crippen LogP contribution in [0.25, 0.3) is 11.5 Å². The molecule has 18 heavy (non-hydrogen) atoms. The van der Waals surface area contributed by atoms with Crippen LogP contribution in [0.3, 0.4) is 0 Å². The van der Waals surface area contributed by atoms with Crippen LogP contribution < -0.4 is 5.32 Å². The molecule has 1 aliphatic rings. The largest absolute Gasteiger partial charge is 0.460 e. The Balaban J connectivity index is 1.95. The lowest BCUT2D eigenvalue weighted by Crippen LogP contribution is -2.25. The highest BCUT2D eigenvalue weighted by atomic mass is 16.3. The SMILES string of the molecule is CNCC1(c2nccc(-c3ccc(C)o3)n2)CC1. The molecule has 2 heterocycles. The highest BCUT2D eigenvalue weighted by Crippen LogP contribution is 2.46. The van der Waals surface area contributed by atoms with Gasteiger partial charge in [0.15, 0.2) is 5.76 Å². The normalized spacial score (nSPS) is 16.8. The van der Waals surface area contributed by atoms with Gasteiger partial charge in [0.2, 0.25) is 0 Å². The van der Waals surface area contributed by atoms with Crippen LogP contribution >= 0.6 is 0 Å². The fraction of sp³-hybridized carbons (Fsp3) is 0.429. The van der Waals surface area contributed by atoms with Crippen molar-refractivity contribution >= 4 is 0 Å². The Hall–Kier alpha value is -1.68. The highest BCUT2D eigenvalue weighted by Gasteiger charge is 2.46. The number of aromatic nitrogens is 2. The minimum Gasteiger partial charge on any atom is -0.460 e. The van der Waals surface area contributed by atoms with Gasteiger partial charge in [0, 0.05) is 18.2 Å². The van der Waals surface area contributed by atoms with Gasteiger partial charge in [0.25, 0.3) is 0 Å². The summed E-state index contributed by atoms with van der Waals surface area (Å²) in [5, 5.41) is 3.23. The van der Waals surface area contributed by atoms with Crippen LogP contribution in [0.1, 0.15) is 24.4 Å². The van der Waals surface area contributed by atoms with Crippen LogP contribution in [0.15, 0.2) is 28.8 Å². The fourth-order valence-corrected chi connectivity index (χ4v) is 2.29. The fourth-order valence-electron chi connectivity index (χ4n) is 2.29. The Kier molecular flexibility index (Phi) is 2.67. The molecule has 4 heteroatoms. The molecule has 94 valence electrons. The van der Waals surface area contributed by atoms with E-state index in [1.54, 1.807) is 0 Å². The number of nitrogens with one attached hydrogen (secondary N) is 1. The molecular formula is C14H17N3O. The molecule has 0 saturated heterocycles. The van der Waals surface area contributed by atoms with Crippen molar-refractivity contribution in [1.82, 2.24) is 15.3 Å². The first-order valence-corrected chi connectivity index (χ1v) is 6.28. The summed E-state index contributed by atoms with van der Waals surface area (Å²) in [6.07, 6.45) is 4.15. The average Bonchev–Trinajstić information content (AvgIpc) is 3.04. The lowest BCUT2D eigenvalue weighted by molar-refractivity contribution is 0.543. The predicted molar refractivity (Wildman–Crippen MR) is 69.3 cm³/mol. The monoisotopic (exact) mass is 243 g/mol. The molecule has 0 amide bonds. The maximum absolute atomic E-state index is 5.61. The zero-order valence-corrected chi connectivity index (χ0v) is 10.7. The molecule has 1 saturated carbocycles. The Morgan fingerprint density at radius 1 is 1.33 bits per heavy atom. The van der Waals surface area contributed by atoms with Gasteiger partial charge in [-0.15, -0.1) is 0 Å². The van der Waals surface area contributed by atoms with E-state index in [0.29, 0.717) is 0 Å². The first kappa shape index (κ1) is 11.4. The quantitative estimate of drug-likeness (QED) is 0.895. The summed E-state index contributed by atoms with van der Waals surface area (Å²) in [6, 6.07) is 5.81. The Morgan fingerprint density at radius 3 is 2.78 bits per heavy atom. The molecule has 4 nitrogen and oxygen atoms in total. The van der Waals surface area contributed by atoms with Gasteiger partial charge in [0.1, 0.15) is 17.3 Å². The average molecular weight is 243 g/mol. The smallest absolute Gasteiger partial charge is 0.152 e. The number of aryl methyl sites for hydroxylation is 1. The van der Waals surface area contributed by atoms with Crippen molar-refractivity contribution < 1.29 is 4.42 Å². The number of hydrogen-bond donors (Lipinski definition) is 1. The second-order valence-corrected chi connectivity index (χ2v) is 4.99. The van der Waals surface area contributed by atoms with Crippen molar-refractivity contribution in [1.29, 1.82) is 0 Å². The minimum absolute atomic E-state index is 0.145. The Bertz CT molecular complexity index is 558. The minimum atomic E-state index is 0.145. The van der Waals surface area contributed by atoms with Crippen molar-refractivity contribution in [3.63, 3.8) is 0 Å². The van der Waals surface area contributed by atoms with E-state index in [1.807, 2.05) is 38.4 Å². The van der Waals surface area contributed by atoms with Crippen LogP contribution in [0.5, 0.6) is 0 Å².